The minimum Gasteiger partial charge on any atom is -0.351 e. The van der Waals surface area contributed by atoms with E-state index in [9.17, 15) is 9.59 Å². The van der Waals surface area contributed by atoms with E-state index in [-0.39, 0.29) is 23.8 Å². The molecule has 1 unspecified atom stereocenters. The van der Waals surface area contributed by atoms with E-state index < -0.39 is 0 Å². The molecular formula is C12H19N3O2. The summed E-state index contributed by atoms with van der Waals surface area (Å²) in [4.78, 5) is 25.5. The SMILES string of the molecule is O=C(NC1CC(=O)N(C2CNC2)C1)C1CCC1. The highest BCUT2D eigenvalue weighted by molar-refractivity contribution is 5.83. The molecule has 3 aliphatic rings. The van der Waals surface area contributed by atoms with Crippen LogP contribution in [0, 0.1) is 5.92 Å². The van der Waals surface area contributed by atoms with Crippen molar-refractivity contribution in [2.45, 2.75) is 37.8 Å². The highest BCUT2D eigenvalue weighted by atomic mass is 16.2. The average molecular weight is 237 g/mol. The van der Waals surface area contributed by atoms with Gasteiger partial charge in [-0.3, -0.25) is 9.59 Å². The van der Waals surface area contributed by atoms with Crippen molar-refractivity contribution in [3.8, 4) is 0 Å². The van der Waals surface area contributed by atoms with E-state index in [1.54, 1.807) is 0 Å². The van der Waals surface area contributed by atoms with Crippen LogP contribution in [0.4, 0.5) is 0 Å². The first-order chi connectivity index (χ1) is 8.24. The summed E-state index contributed by atoms with van der Waals surface area (Å²) in [5.41, 5.74) is 0. The van der Waals surface area contributed by atoms with Gasteiger partial charge in [-0.1, -0.05) is 6.42 Å². The van der Waals surface area contributed by atoms with E-state index in [2.05, 4.69) is 10.6 Å². The van der Waals surface area contributed by atoms with Gasteiger partial charge < -0.3 is 15.5 Å². The van der Waals surface area contributed by atoms with Gasteiger partial charge in [0.1, 0.15) is 0 Å². The molecule has 2 heterocycles. The Balaban J connectivity index is 1.51. The number of nitrogens with zero attached hydrogens (tertiary/aromatic N) is 1. The third-order valence-corrected chi connectivity index (χ3v) is 4.18. The molecule has 5 nitrogen and oxygen atoms in total. The Morgan fingerprint density at radius 2 is 2.12 bits per heavy atom. The zero-order chi connectivity index (χ0) is 11.8. The van der Waals surface area contributed by atoms with E-state index in [0.717, 1.165) is 25.9 Å². The predicted molar refractivity (Wildman–Crippen MR) is 62.3 cm³/mol. The van der Waals surface area contributed by atoms with E-state index in [1.165, 1.54) is 6.42 Å². The molecule has 1 saturated carbocycles. The Kier molecular flexibility index (Phi) is 2.78. The predicted octanol–water partition coefficient (Wildman–Crippen LogP) is -0.525. The molecule has 0 radical (unpaired) electrons. The molecule has 0 aromatic carbocycles. The maximum atomic E-state index is 11.8. The lowest BCUT2D eigenvalue weighted by Gasteiger charge is -2.35. The van der Waals surface area contributed by atoms with Crippen LogP contribution in [0.5, 0.6) is 0 Å². The molecular weight excluding hydrogens is 218 g/mol. The van der Waals surface area contributed by atoms with Crippen LogP contribution >= 0.6 is 0 Å². The van der Waals surface area contributed by atoms with Gasteiger partial charge in [-0.2, -0.15) is 0 Å². The molecule has 1 aliphatic carbocycles. The molecule has 1 atom stereocenters. The maximum Gasteiger partial charge on any atom is 0.225 e. The summed E-state index contributed by atoms with van der Waals surface area (Å²) in [6, 6.07) is 0.393. The van der Waals surface area contributed by atoms with Crippen molar-refractivity contribution in [3.05, 3.63) is 0 Å². The third kappa shape index (κ3) is 2.04. The fourth-order valence-corrected chi connectivity index (χ4v) is 2.66. The van der Waals surface area contributed by atoms with Crippen LogP contribution in [0.1, 0.15) is 25.7 Å². The number of carbonyl (C=O) groups is 2. The van der Waals surface area contributed by atoms with Gasteiger partial charge in [0.15, 0.2) is 0 Å². The van der Waals surface area contributed by atoms with Crippen LogP contribution in [0.25, 0.3) is 0 Å². The molecule has 3 rings (SSSR count). The van der Waals surface area contributed by atoms with Crippen LogP contribution in [-0.2, 0) is 9.59 Å². The van der Waals surface area contributed by atoms with E-state index in [4.69, 9.17) is 0 Å². The number of carbonyl (C=O) groups excluding carboxylic acids is 2. The zero-order valence-corrected chi connectivity index (χ0v) is 9.95. The highest BCUT2D eigenvalue weighted by Gasteiger charge is 2.38. The summed E-state index contributed by atoms with van der Waals surface area (Å²) in [5.74, 6) is 0.558. The third-order valence-electron chi connectivity index (χ3n) is 4.18. The Hall–Kier alpha value is -1.10. The van der Waals surface area contributed by atoms with Crippen molar-refractivity contribution in [2.24, 2.45) is 5.92 Å². The average Bonchev–Trinajstić information content (AvgIpc) is 2.40. The van der Waals surface area contributed by atoms with Gasteiger partial charge in [0.25, 0.3) is 0 Å². The number of likely N-dealkylation sites (tertiary alicyclic amines) is 1. The highest BCUT2D eigenvalue weighted by Crippen LogP contribution is 2.27. The van der Waals surface area contributed by atoms with E-state index in [0.29, 0.717) is 19.0 Å². The van der Waals surface area contributed by atoms with E-state index >= 15 is 0 Å². The monoisotopic (exact) mass is 237 g/mol. The topological polar surface area (TPSA) is 61.4 Å². The fourth-order valence-electron chi connectivity index (χ4n) is 2.66. The molecule has 2 aliphatic heterocycles. The first kappa shape index (κ1) is 11.0. The summed E-state index contributed by atoms with van der Waals surface area (Å²) < 4.78 is 0. The molecule has 94 valence electrons. The second-order valence-electron chi connectivity index (χ2n) is 5.40. The summed E-state index contributed by atoms with van der Waals surface area (Å²) in [7, 11) is 0. The van der Waals surface area contributed by atoms with Crippen LogP contribution in [0.15, 0.2) is 0 Å². The smallest absolute Gasteiger partial charge is 0.225 e. The molecule has 2 N–H and O–H groups in total. The summed E-state index contributed by atoms with van der Waals surface area (Å²) in [6.07, 6.45) is 3.68. The van der Waals surface area contributed by atoms with Crippen LogP contribution < -0.4 is 10.6 Å². The lowest BCUT2D eigenvalue weighted by molar-refractivity contribution is -0.130. The quantitative estimate of drug-likeness (QED) is 0.694. The summed E-state index contributed by atoms with van der Waals surface area (Å²) >= 11 is 0. The van der Waals surface area contributed by atoms with Gasteiger partial charge >= 0.3 is 0 Å². The van der Waals surface area contributed by atoms with Crippen LogP contribution in [0.3, 0.4) is 0 Å². The van der Waals surface area contributed by atoms with Gasteiger partial charge in [0, 0.05) is 32.0 Å². The zero-order valence-electron chi connectivity index (χ0n) is 9.95. The molecule has 3 fully saturated rings. The number of hydrogen-bond acceptors (Lipinski definition) is 3. The molecule has 5 heteroatoms. The van der Waals surface area contributed by atoms with Crippen molar-refractivity contribution < 1.29 is 9.59 Å². The Bertz CT molecular complexity index is 335. The van der Waals surface area contributed by atoms with Crippen molar-refractivity contribution in [1.82, 2.24) is 15.5 Å². The number of amides is 2. The van der Waals surface area contributed by atoms with Crippen LogP contribution in [0.2, 0.25) is 0 Å². The summed E-state index contributed by atoms with van der Waals surface area (Å²) in [5, 5.41) is 6.19. The first-order valence-electron chi connectivity index (χ1n) is 6.54. The van der Waals surface area contributed by atoms with Crippen molar-refractivity contribution in [1.29, 1.82) is 0 Å². The Labute approximate surface area is 101 Å². The van der Waals surface area contributed by atoms with Crippen molar-refractivity contribution in [3.63, 3.8) is 0 Å². The maximum absolute atomic E-state index is 11.8. The van der Waals surface area contributed by atoms with Crippen molar-refractivity contribution in [2.75, 3.05) is 19.6 Å². The Morgan fingerprint density at radius 3 is 2.65 bits per heavy atom. The van der Waals surface area contributed by atoms with E-state index in [1.807, 2.05) is 4.90 Å². The van der Waals surface area contributed by atoms with Gasteiger partial charge in [-0.15, -0.1) is 0 Å². The molecule has 2 saturated heterocycles. The number of hydrogen-bond donors (Lipinski definition) is 2. The van der Waals surface area contributed by atoms with Crippen molar-refractivity contribution >= 4 is 11.8 Å². The van der Waals surface area contributed by atoms with Crippen LogP contribution in [-0.4, -0.2) is 48.4 Å². The lowest BCUT2D eigenvalue weighted by Crippen LogP contribution is -2.58. The minimum absolute atomic E-state index is 0.0381. The second-order valence-corrected chi connectivity index (χ2v) is 5.40. The number of nitrogens with one attached hydrogen (secondary N) is 2. The second kappa shape index (κ2) is 4.29. The standard InChI is InChI=1S/C12H19N3O2/c16-11-4-9(7-15(11)10-5-13-6-10)14-12(17)8-2-1-3-8/h8-10,13H,1-7H2,(H,14,17). The molecule has 0 spiro atoms. The van der Waals surface area contributed by atoms with Gasteiger partial charge in [-0.05, 0) is 12.8 Å². The molecule has 17 heavy (non-hydrogen) atoms. The largest absolute Gasteiger partial charge is 0.351 e. The van der Waals surface area contributed by atoms with Gasteiger partial charge in [0.05, 0.1) is 12.1 Å². The number of rotatable bonds is 3. The summed E-state index contributed by atoms with van der Waals surface area (Å²) in [6.45, 7) is 2.49. The normalized spacial score (nSPS) is 30.0. The molecule has 0 aromatic rings. The molecule has 2 amide bonds. The molecule has 0 bridgehead atoms. The van der Waals surface area contributed by atoms with Gasteiger partial charge in [-0.25, -0.2) is 0 Å². The Morgan fingerprint density at radius 1 is 1.35 bits per heavy atom. The first-order valence-corrected chi connectivity index (χ1v) is 6.54. The lowest BCUT2D eigenvalue weighted by atomic mass is 9.84. The minimum atomic E-state index is 0.0381. The molecule has 0 aromatic heterocycles. The van der Waals surface area contributed by atoms with Gasteiger partial charge in [0.2, 0.25) is 11.8 Å². The fraction of sp³-hybridized carbons (Fsp3) is 0.833.